The molecule has 0 bridgehead atoms. The Balaban J connectivity index is 0.00000324. The summed E-state index contributed by atoms with van der Waals surface area (Å²) in [6.07, 6.45) is 2.29. The van der Waals surface area contributed by atoms with Crippen LogP contribution >= 0.6 is 12.4 Å². The molecule has 2 heteroatoms. The Hall–Kier alpha value is -0.530. The van der Waals surface area contributed by atoms with E-state index in [-0.39, 0.29) is 17.9 Å². The fraction of sp³-hybridized carbons (Fsp3) is 0.647. The SMILES string of the molecule is CCc1ccc(CNC(C)(C)CC(C)(C)C)cc1.Cl. The summed E-state index contributed by atoms with van der Waals surface area (Å²) >= 11 is 0. The Morgan fingerprint density at radius 2 is 1.37 bits per heavy atom. The maximum atomic E-state index is 3.67. The van der Waals surface area contributed by atoms with Gasteiger partial charge in [0.1, 0.15) is 0 Å². The van der Waals surface area contributed by atoms with Crippen molar-refractivity contribution in [2.45, 2.75) is 66.5 Å². The predicted molar refractivity (Wildman–Crippen MR) is 88.1 cm³/mol. The van der Waals surface area contributed by atoms with E-state index < -0.39 is 0 Å². The second-order valence-corrected chi connectivity index (χ2v) is 7.14. The summed E-state index contributed by atoms with van der Waals surface area (Å²) in [6, 6.07) is 8.93. The van der Waals surface area contributed by atoms with E-state index in [1.807, 2.05) is 0 Å². The minimum absolute atomic E-state index is 0. The fourth-order valence-corrected chi connectivity index (χ4v) is 2.62. The van der Waals surface area contributed by atoms with Crippen LogP contribution in [0.5, 0.6) is 0 Å². The van der Waals surface area contributed by atoms with Crippen LogP contribution in [0.1, 0.15) is 59.1 Å². The van der Waals surface area contributed by atoms with E-state index >= 15 is 0 Å². The van der Waals surface area contributed by atoms with E-state index in [9.17, 15) is 0 Å². The minimum Gasteiger partial charge on any atom is -0.308 e. The molecule has 0 spiro atoms. The van der Waals surface area contributed by atoms with Crippen molar-refractivity contribution >= 4 is 12.4 Å². The third-order valence-corrected chi connectivity index (χ3v) is 3.17. The molecule has 0 radical (unpaired) electrons. The van der Waals surface area contributed by atoms with E-state index in [1.54, 1.807) is 0 Å². The third-order valence-electron chi connectivity index (χ3n) is 3.17. The molecule has 19 heavy (non-hydrogen) atoms. The largest absolute Gasteiger partial charge is 0.308 e. The standard InChI is InChI=1S/C17H29N.ClH/c1-7-14-8-10-15(11-9-14)12-18-17(5,6)13-16(2,3)4;/h8-11,18H,7,12-13H2,1-6H3;1H. The van der Waals surface area contributed by atoms with Crippen LogP contribution in [0.25, 0.3) is 0 Å². The van der Waals surface area contributed by atoms with E-state index in [4.69, 9.17) is 0 Å². The topological polar surface area (TPSA) is 12.0 Å². The number of aryl methyl sites for hydroxylation is 1. The monoisotopic (exact) mass is 283 g/mol. The molecule has 110 valence electrons. The zero-order valence-electron chi connectivity index (χ0n) is 13.3. The first kappa shape index (κ1) is 18.5. The predicted octanol–water partition coefficient (Wildman–Crippen LogP) is 4.98. The maximum absolute atomic E-state index is 3.67. The molecule has 0 heterocycles. The van der Waals surface area contributed by atoms with Gasteiger partial charge in [-0.2, -0.15) is 0 Å². The first-order chi connectivity index (χ1) is 8.22. The van der Waals surface area contributed by atoms with Crippen LogP contribution in [0.3, 0.4) is 0 Å². The lowest BCUT2D eigenvalue weighted by Gasteiger charge is -2.33. The summed E-state index contributed by atoms with van der Waals surface area (Å²) in [6.45, 7) is 14.6. The van der Waals surface area contributed by atoms with E-state index in [0.717, 1.165) is 13.0 Å². The van der Waals surface area contributed by atoms with Crippen LogP contribution in [0.4, 0.5) is 0 Å². The molecule has 1 nitrogen and oxygen atoms in total. The van der Waals surface area contributed by atoms with Crippen molar-refractivity contribution in [3.8, 4) is 0 Å². The summed E-state index contributed by atoms with van der Waals surface area (Å²) in [5, 5.41) is 3.67. The average Bonchev–Trinajstić information content (AvgIpc) is 2.24. The average molecular weight is 284 g/mol. The number of benzene rings is 1. The number of halogens is 1. The zero-order chi connectivity index (χ0) is 13.8. The highest BCUT2D eigenvalue weighted by Crippen LogP contribution is 2.27. The summed E-state index contributed by atoms with van der Waals surface area (Å²) in [5.74, 6) is 0. The van der Waals surface area contributed by atoms with Crippen LogP contribution < -0.4 is 5.32 Å². The Morgan fingerprint density at radius 3 is 1.79 bits per heavy atom. The molecule has 1 aromatic carbocycles. The first-order valence-electron chi connectivity index (χ1n) is 7.05. The molecule has 0 atom stereocenters. The van der Waals surface area contributed by atoms with Crippen LogP contribution in [-0.2, 0) is 13.0 Å². The van der Waals surface area contributed by atoms with Gasteiger partial charge in [-0.05, 0) is 43.2 Å². The van der Waals surface area contributed by atoms with Crippen LogP contribution in [0.2, 0.25) is 0 Å². The van der Waals surface area contributed by atoms with Gasteiger partial charge in [0.25, 0.3) is 0 Å². The molecule has 0 saturated carbocycles. The van der Waals surface area contributed by atoms with Gasteiger partial charge in [-0.15, -0.1) is 12.4 Å². The van der Waals surface area contributed by atoms with Crippen molar-refractivity contribution in [2.75, 3.05) is 0 Å². The minimum atomic E-state index is 0. The van der Waals surface area contributed by atoms with Gasteiger partial charge < -0.3 is 5.32 Å². The normalized spacial score (nSPS) is 12.1. The Labute approximate surface area is 125 Å². The smallest absolute Gasteiger partial charge is 0.0210 e. The quantitative estimate of drug-likeness (QED) is 0.804. The molecule has 0 unspecified atom stereocenters. The third kappa shape index (κ3) is 7.59. The van der Waals surface area contributed by atoms with Gasteiger partial charge in [-0.1, -0.05) is 52.0 Å². The molecule has 1 rings (SSSR count). The van der Waals surface area contributed by atoms with Crippen molar-refractivity contribution in [2.24, 2.45) is 5.41 Å². The lowest BCUT2D eigenvalue weighted by atomic mass is 9.82. The van der Waals surface area contributed by atoms with Crippen molar-refractivity contribution in [3.05, 3.63) is 35.4 Å². The molecule has 0 aliphatic carbocycles. The Bertz CT molecular complexity index is 360. The number of hydrogen-bond donors (Lipinski definition) is 1. The Morgan fingerprint density at radius 1 is 0.895 bits per heavy atom. The lowest BCUT2D eigenvalue weighted by Crippen LogP contribution is -2.41. The van der Waals surface area contributed by atoms with Gasteiger partial charge in [0.05, 0.1) is 0 Å². The van der Waals surface area contributed by atoms with Crippen LogP contribution in [-0.4, -0.2) is 5.54 Å². The van der Waals surface area contributed by atoms with Crippen LogP contribution in [0, 0.1) is 5.41 Å². The number of rotatable bonds is 5. The lowest BCUT2D eigenvalue weighted by molar-refractivity contribution is 0.241. The maximum Gasteiger partial charge on any atom is 0.0210 e. The molecule has 1 N–H and O–H groups in total. The second-order valence-electron chi connectivity index (χ2n) is 7.14. The molecule has 1 aromatic rings. The van der Waals surface area contributed by atoms with Gasteiger partial charge in [-0.25, -0.2) is 0 Å². The second kappa shape index (κ2) is 7.31. The Kier molecular flexibility index (Phi) is 7.10. The molecule has 0 aliphatic rings. The molecule has 0 saturated heterocycles. The molecular formula is C17H30ClN. The van der Waals surface area contributed by atoms with E-state index in [2.05, 4.69) is 71.1 Å². The van der Waals surface area contributed by atoms with Gasteiger partial charge >= 0.3 is 0 Å². The summed E-state index contributed by atoms with van der Waals surface area (Å²) in [7, 11) is 0. The summed E-state index contributed by atoms with van der Waals surface area (Å²) in [4.78, 5) is 0. The molecule has 0 aromatic heterocycles. The fourth-order valence-electron chi connectivity index (χ4n) is 2.62. The summed E-state index contributed by atoms with van der Waals surface area (Å²) < 4.78 is 0. The van der Waals surface area contributed by atoms with Crippen molar-refractivity contribution in [3.63, 3.8) is 0 Å². The number of hydrogen-bond acceptors (Lipinski definition) is 1. The highest BCUT2D eigenvalue weighted by Gasteiger charge is 2.24. The van der Waals surface area contributed by atoms with E-state index in [1.165, 1.54) is 17.5 Å². The highest BCUT2D eigenvalue weighted by atomic mass is 35.5. The van der Waals surface area contributed by atoms with Crippen LogP contribution in [0.15, 0.2) is 24.3 Å². The van der Waals surface area contributed by atoms with E-state index in [0.29, 0.717) is 5.41 Å². The molecule has 0 aliphatic heterocycles. The molecule has 0 amide bonds. The highest BCUT2D eigenvalue weighted by molar-refractivity contribution is 5.85. The number of nitrogens with one attached hydrogen (secondary N) is 1. The van der Waals surface area contributed by atoms with Gasteiger partial charge in [0.2, 0.25) is 0 Å². The van der Waals surface area contributed by atoms with Crippen molar-refractivity contribution < 1.29 is 0 Å². The van der Waals surface area contributed by atoms with Crippen molar-refractivity contribution in [1.29, 1.82) is 0 Å². The molecule has 0 fully saturated rings. The van der Waals surface area contributed by atoms with Gasteiger partial charge in [0, 0.05) is 12.1 Å². The van der Waals surface area contributed by atoms with Gasteiger partial charge in [-0.3, -0.25) is 0 Å². The zero-order valence-corrected chi connectivity index (χ0v) is 14.2. The molecular weight excluding hydrogens is 254 g/mol. The summed E-state index contributed by atoms with van der Waals surface area (Å²) in [5.41, 5.74) is 3.33. The van der Waals surface area contributed by atoms with Gasteiger partial charge in [0.15, 0.2) is 0 Å². The first-order valence-corrected chi connectivity index (χ1v) is 7.05. The van der Waals surface area contributed by atoms with Crippen molar-refractivity contribution in [1.82, 2.24) is 5.32 Å².